The van der Waals surface area contributed by atoms with Crippen molar-refractivity contribution in [2.24, 2.45) is 0 Å². The second-order valence-corrected chi connectivity index (χ2v) is 4.46. The van der Waals surface area contributed by atoms with Crippen molar-refractivity contribution in [1.82, 2.24) is 0 Å². The standard InChI is InChI=1S/C13H16O4/c1-5-15-9-6-8(2)7-10-11(9)12(14)17-13(3,4)16-10/h6-7H,5H2,1-4H3. The molecule has 4 nitrogen and oxygen atoms in total. The molecule has 2 rings (SSSR count). The fourth-order valence-corrected chi connectivity index (χ4v) is 1.83. The Balaban J connectivity index is 2.54. The third-order valence-electron chi connectivity index (χ3n) is 2.41. The second-order valence-electron chi connectivity index (χ2n) is 4.46. The molecule has 0 N–H and O–H groups in total. The van der Waals surface area contributed by atoms with Crippen LogP contribution in [0, 0.1) is 6.92 Å². The van der Waals surface area contributed by atoms with Gasteiger partial charge in [-0.2, -0.15) is 0 Å². The molecule has 1 aromatic carbocycles. The smallest absolute Gasteiger partial charge is 0.349 e. The number of hydrogen-bond acceptors (Lipinski definition) is 4. The highest BCUT2D eigenvalue weighted by Crippen LogP contribution is 2.37. The molecule has 0 saturated carbocycles. The van der Waals surface area contributed by atoms with Gasteiger partial charge in [0.15, 0.2) is 0 Å². The van der Waals surface area contributed by atoms with Gasteiger partial charge in [-0.05, 0) is 31.5 Å². The van der Waals surface area contributed by atoms with Crippen LogP contribution in [0.25, 0.3) is 0 Å². The minimum Gasteiger partial charge on any atom is -0.493 e. The fraction of sp³-hybridized carbons (Fsp3) is 0.462. The van der Waals surface area contributed by atoms with Gasteiger partial charge >= 0.3 is 5.97 Å². The molecular weight excluding hydrogens is 220 g/mol. The molecule has 0 radical (unpaired) electrons. The summed E-state index contributed by atoms with van der Waals surface area (Å²) >= 11 is 0. The Hall–Kier alpha value is -1.71. The van der Waals surface area contributed by atoms with Crippen molar-refractivity contribution in [2.45, 2.75) is 33.5 Å². The highest BCUT2D eigenvalue weighted by Gasteiger charge is 2.36. The van der Waals surface area contributed by atoms with Crippen LogP contribution in [0.3, 0.4) is 0 Å². The summed E-state index contributed by atoms with van der Waals surface area (Å²) in [5, 5.41) is 0. The van der Waals surface area contributed by atoms with Gasteiger partial charge in [0.1, 0.15) is 17.1 Å². The molecule has 0 fully saturated rings. The number of aryl methyl sites for hydroxylation is 1. The first-order valence-corrected chi connectivity index (χ1v) is 5.63. The maximum absolute atomic E-state index is 11.9. The quantitative estimate of drug-likeness (QED) is 0.740. The van der Waals surface area contributed by atoms with Gasteiger partial charge < -0.3 is 14.2 Å². The van der Waals surface area contributed by atoms with Crippen molar-refractivity contribution in [3.05, 3.63) is 23.3 Å². The van der Waals surface area contributed by atoms with Crippen molar-refractivity contribution in [1.29, 1.82) is 0 Å². The third kappa shape index (κ3) is 2.20. The van der Waals surface area contributed by atoms with Crippen molar-refractivity contribution >= 4 is 5.97 Å². The third-order valence-corrected chi connectivity index (χ3v) is 2.41. The molecule has 0 unspecified atom stereocenters. The predicted molar refractivity (Wildman–Crippen MR) is 62.5 cm³/mol. The number of cyclic esters (lactones) is 1. The molecule has 0 bridgehead atoms. The van der Waals surface area contributed by atoms with E-state index in [0.29, 0.717) is 23.7 Å². The number of ether oxygens (including phenoxy) is 3. The minimum atomic E-state index is -0.929. The molecule has 0 aromatic heterocycles. The van der Waals surface area contributed by atoms with Crippen LogP contribution in [0.4, 0.5) is 0 Å². The summed E-state index contributed by atoms with van der Waals surface area (Å²) in [6, 6.07) is 3.63. The van der Waals surface area contributed by atoms with Gasteiger partial charge in [-0.15, -0.1) is 0 Å². The van der Waals surface area contributed by atoms with E-state index in [1.807, 2.05) is 26.0 Å². The number of benzene rings is 1. The average molecular weight is 236 g/mol. The Morgan fingerprint density at radius 3 is 2.65 bits per heavy atom. The zero-order valence-corrected chi connectivity index (χ0v) is 10.5. The van der Waals surface area contributed by atoms with Crippen LogP contribution in [-0.2, 0) is 4.74 Å². The maximum Gasteiger partial charge on any atom is 0.349 e. The Morgan fingerprint density at radius 1 is 1.29 bits per heavy atom. The molecule has 1 heterocycles. The van der Waals surface area contributed by atoms with E-state index in [4.69, 9.17) is 14.2 Å². The van der Waals surface area contributed by atoms with Crippen LogP contribution in [0.5, 0.6) is 11.5 Å². The molecule has 4 heteroatoms. The number of carbonyl (C=O) groups excluding carboxylic acids is 1. The van der Waals surface area contributed by atoms with E-state index >= 15 is 0 Å². The van der Waals surface area contributed by atoms with Gasteiger partial charge in [-0.3, -0.25) is 0 Å². The second kappa shape index (κ2) is 3.95. The van der Waals surface area contributed by atoms with Crippen molar-refractivity contribution < 1.29 is 19.0 Å². The Bertz CT molecular complexity index is 463. The molecule has 0 atom stereocenters. The molecule has 0 saturated heterocycles. The number of carbonyl (C=O) groups is 1. The zero-order chi connectivity index (χ0) is 12.6. The molecule has 1 aliphatic rings. The number of rotatable bonds is 2. The molecule has 0 spiro atoms. The first-order chi connectivity index (χ1) is 7.93. The van der Waals surface area contributed by atoms with Gasteiger partial charge in [0, 0.05) is 13.8 Å². The molecule has 0 aliphatic carbocycles. The number of hydrogen-bond donors (Lipinski definition) is 0. The topological polar surface area (TPSA) is 44.8 Å². The molecule has 17 heavy (non-hydrogen) atoms. The van der Waals surface area contributed by atoms with E-state index in [1.54, 1.807) is 13.8 Å². The van der Waals surface area contributed by atoms with Gasteiger partial charge in [0.25, 0.3) is 0 Å². The van der Waals surface area contributed by atoms with Crippen molar-refractivity contribution in [2.75, 3.05) is 6.61 Å². The van der Waals surface area contributed by atoms with Crippen LogP contribution in [0.15, 0.2) is 12.1 Å². The Labute approximate surface area is 100 Å². The summed E-state index contributed by atoms with van der Waals surface area (Å²) in [5.41, 5.74) is 1.36. The zero-order valence-electron chi connectivity index (χ0n) is 10.5. The molecule has 1 aromatic rings. The summed E-state index contributed by atoms with van der Waals surface area (Å²) in [6.07, 6.45) is 0. The lowest BCUT2D eigenvalue weighted by Crippen LogP contribution is -2.39. The van der Waals surface area contributed by atoms with E-state index in [-0.39, 0.29) is 0 Å². The summed E-state index contributed by atoms with van der Waals surface area (Å²) in [4.78, 5) is 11.9. The van der Waals surface area contributed by atoms with Gasteiger partial charge in [-0.25, -0.2) is 4.79 Å². The Morgan fingerprint density at radius 2 is 2.00 bits per heavy atom. The monoisotopic (exact) mass is 236 g/mol. The van der Waals surface area contributed by atoms with Crippen LogP contribution < -0.4 is 9.47 Å². The SMILES string of the molecule is CCOc1cc(C)cc2c1C(=O)OC(C)(C)O2. The lowest BCUT2D eigenvalue weighted by atomic mass is 10.1. The number of esters is 1. The average Bonchev–Trinajstić information content (AvgIpc) is 2.13. The lowest BCUT2D eigenvalue weighted by molar-refractivity contribution is -0.127. The van der Waals surface area contributed by atoms with E-state index in [0.717, 1.165) is 5.56 Å². The van der Waals surface area contributed by atoms with E-state index in [2.05, 4.69) is 0 Å². The lowest BCUT2D eigenvalue weighted by Gasteiger charge is -2.32. The summed E-state index contributed by atoms with van der Waals surface area (Å²) in [7, 11) is 0. The van der Waals surface area contributed by atoms with Gasteiger partial charge in [0.05, 0.1) is 6.61 Å². The van der Waals surface area contributed by atoms with E-state index in [1.165, 1.54) is 0 Å². The van der Waals surface area contributed by atoms with E-state index < -0.39 is 11.8 Å². The van der Waals surface area contributed by atoms with Gasteiger partial charge in [0.2, 0.25) is 5.79 Å². The molecule has 92 valence electrons. The van der Waals surface area contributed by atoms with Crippen LogP contribution >= 0.6 is 0 Å². The fourth-order valence-electron chi connectivity index (χ4n) is 1.83. The van der Waals surface area contributed by atoms with Crippen LogP contribution in [-0.4, -0.2) is 18.4 Å². The first kappa shape index (κ1) is 11.8. The summed E-state index contributed by atoms with van der Waals surface area (Å²) in [6.45, 7) is 7.70. The normalized spacial score (nSPS) is 16.8. The maximum atomic E-state index is 11.9. The van der Waals surface area contributed by atoms with Crippen molar-refractivity contribution in [3.63, 3.8) is 0 Å². The molecular formula is C13H16O4. The Kier molecular flexibility index (Phi) is 2.73. The van der Waals surface area contributed by atoms with Gasteiger partial charge in [-0.1, -0.05) is 0 Å². The minimum absolute atomic E-state index is 0.372. The highest BCUT2D eigenvalue weighted by molar-refractivity contribution is 5.96. The van der Waals surface area contributed by atoms with E-state index in [9.17, 15) is 4.79 Å². The van der Waals surface area contributed by atoms with Crippen LogP contribution in [0.2, 0.25) is 0 Å². The van der Waals surface area contributed by atoms with Crippen molar-refractivity contribution in [3.8, 4) is 11.5 Å². The first-order valence-electron chi connectivity index (χ1n) is 5.63. The highest BCUT2D eigenvalue weighted by atomic mass is 16.7. The predicted octanol–water partition coefficient (Wildman–Crippen LogP) is 2.68. The molecule has 1 aliphatic heterocycles. The molecule has 0 amide bonds. The largest absolute Gasteiger partial charge is 0.493 e. The number of fused-ring (bicyclic) bond motifs is 1. The summed E-state index contributed by atoms with van der Waals surface area (Å²) in [5.74, 6) is -0.293. The summed E-state index contributed by atoms with van der Waals surface area (Å²) < 4.78 is 16.3. The van der Waals surface area contributed by atoms with Crippen LogP contribution in [0.1, 0.15) is 36.7 Å².